The number of thiazole rings is 1. The zero-order valence-electron chi connectivity index (χ0n) is 24.7. The molecule has 0 saturated heterocycles. The molecule has 1 amide bonds. The van der Waals surface area contributed by atoms with Gasteiger partial charge in [-0.05, 0) is 87.4 Å². The maximum absolute atomic E-state index is 14.1. The lowest BCUT2D eigenvalue weighted by molar-refractivity contribution is -0.113. The predicted octanol–water partition coefficient (Wildman–Crippen LogP) is 5.29. The standard InChI is InChI=1S/C35H30N4O4S/c1-20-10-12-24(13-11-20)31-30(32(40)37-27-8-6-5-7-9-27)22(3)36-35-39(31)33(41)29(44-35)19-26-18-21(2)38(23(26)4)28-16-14-25(15-17-28)34(42)43/h5-19,31H,1-4H3,(H,37,40)(H,42,43)/b29-19-/t31-/m1/s1. The van der Waals surface area contributed by atoms with Gasteiger partial charge in [-0.1, -0.05) is 59.4 Å². The van der Waals surface area contributed by atoms with E-state index in [2.05, 4.69) is 5.32 Å². The van der Waals surface area contributed by atoms with Crippen LogP contribution in [0.15, 0.2) is 106 Å². The van der Waals surface area contributed by atoms with E-state index in [0.29, 0.717) is 26.3 Å². The predicted molar refractivity (Wildman–Crippen MR) is 172 cm³/mol. The first-order chi connectivity index (χ1) is 21.1. The second kappa shape index (κ2) is 11.4. The van der Waals surface area contributed by atoms with Gasteiger partial charge in [-0.15, -0.1) is 0 Å². The van der Waals surface area contributed by atoms with Gasteiger partial charge in [0.15, 0.2) is 4.80 Å². The van der Waals surface area contributed by atoms with Crippen LogP contribution in [0, 0.1) is 20.8 Å². The van der Waals surface area contributed by atoms with Crippen LogP contribution in [-0.4, -0.2) is 26.1 Å². The van der Waals surface area contributed by atoms with E-state index in [4.69, 9.17) is 4.99 Å². The zero-order valence-corrected chi connectivity index (χ0v) is 25.5. The van der Waals surface area contributed by atoms with Crippen molar-refractivity contribution < 1.29 is 14.7 Å². The molecular formula is C35H30N4O4S. The van der Waals surface area contributed by atoms with Gasteiger partial charge in [0.2, 0.25) is 0 Å². The fourth-order valence-corrected chi connectivity index (χ4v) is 6.66. The van der Waals surface area contributed by atoms with Crippen LogP contribution in [0.25, 0.3) is 11.8 Å². The molecule has 0 saturated carbocycles. The summed E-state index contributed by atoms with van der Waals surface area (Å²) in [7, 11) is 0. The number of nitrogens with one attached hydrogen (secondary N) is 1. The number of anilines is 1. The monoisotopic (exact) mass is 602 g/mol. The van der Waals surface area contributed by atoms with Gasteiger partial charge in [0.25, 0.3) is 11.5 Å². The average Bonchev–Trinajstić information content (AvgIpc) is 3.46. The van der Waals surface area contributed by atoms with Crippen LogP contribution in [0.3, 0.4) is 0 Å². The number of carboxylic acid groups (broad SMARTS) is 1. The van der Waals surface area contributed by atoms with Crippen LogP contribution in [0.2, 0.25) is 0 Å². The minimum atomic E-state index is -0.978. The molecule has 5 aromatic rings. The molecule has 2 aromatic heterocycles. The molecule has 220 valence electrons. The number of aryl methyl sites for hydroxylation is 2. The Labute approximate surface area is 257 Å². The summed E-state index contributed by atoms with van der Waals surface area (Å²) in [6.07, 6.45) is 1.86. The Kier molecular flexibility index (Phi) is 7.48. The Hall–Kier alpha value is -5.28. The maximum Gasteiger partial charge on any atom is 0.335 e. The topological polar surface area (TPSA) is 106 Å². The minimum Gasteiger partial charge on any atom is -0.478 e. The number of aromatic nitrogens is 2. The molecule has 0 fully saturated rings. The second-order valence-corrected chi connectivity index (χ2v) is 11.8. The first-order valence-corrected chi connectivity index (χ1v) is 14.9. The van der Waals surface area contributed by atoms with Crippen molar-refractivity contribution in [1.29, 1.82) is 0 Å². The number of allylic oxidation sites excluding steroid dienone is 1. The van der Waals surface area contributed by atoms with Crippen molar-refractivity contribution in [2.24, 2.45) is 4.99 Å². The Morgan fingerprint density at radius 1 is 0.932 bits per heavy atom. The molecule has 1 aliphatic rings. The Bertz CT molecular complexity index is 2140. The number of hydrogen-bond donors (Lipinski definition) is 2. The zero-order chi connectivity index (χ0) is 31.1. The van der Waals surface area contributed by atoms with Crippen molar-refractivity contribution >= 4 is 35.0 Å². The molecule has 1 atom stereocenters. The van der Waals surface area contributed by atoms with E-state index in [-0.39, 0.29) is 17.0 Å². The quantitative estimate of drug-likeness (QED) is 0.276. The molecule has 0 radical (unpaired) electrons. The summed E-state index contributed by atoms with van der Waals surface area (Å²) >= 11 is 1.29. The third-order valence-corrected chi connectivity index (χ3v) is 8.80. The van der Waals surface area contributed by atoms with Gasteiger partial charge in [0.05, 0.1) is 27.4 Å². The molecule has 1 aliphatic heterocycles. The van der Waals surface area contributed by atoms with Crippen LogP contribution in [-0.2, 0) is 4.79 Å². The van der Waals surface area contributed by atoms with Gasteiger partial charge in [-0.3, -0.25) is 14.2 Å². The van der Waals surface area contributed by atoms with Gasteiger partial charge >= 0.3 is 5.97 Å². The fourth-order valence-electron chi connectivity index (χ4n) is 5.62. The summed E-state index contributed by atoms with van der Waals surface area (Å²) in [5.41, 5.74) is 7.05. The lowest BCUT2D eigenvalue weighted by Gasteiger charge is -2.25. The third kappa shape index (κ3) is 5.22. The summed E-state index contributed by atoms with van der Waals surface area (Å²) in [4.78, 5) is 44.5. The van der Waals surface area contributed by atoms with E-state index in [9.17, 15) is 19.5 Å². The van der Waals surface area contributed by atoms with Crippen molar-refractivity contribution in [2.45, 2.75) is 33.7 Å². The molecule has 3 heterocycles. The highest BCUT2D eigenvalue weighted by Gasteiger charge is 2.32. The Morgan fingerprint density at radius 2 is 1.61 bits per heavy atom. The fraction of sp³-hybridized carbons (Fsp3) is 0.143. The summed E-state index contributed by atoms with van der Waals surface area (Å²) in [6.45, 7) is 7.74. The summed E-state index contributed by atoms with van der Waals surface area (Å²) in [6, 6.07) is 25.1. The molecule has 0 bridgehead atoms. The second-order valence-electron chi connectivity index (χ2n) is 10.8. The highest BCUT2D eigenvalue weighted by atomic mass is 32.1. The average molecular weight is 603 g/mol. The molecule has 6 rings (SSSR count). The number of hydrogen-bond acceptors (Lipinski definition) is 5. The summed E-state index contributed by atoms with van der Waals surface area (Å²) in [5.74, 6) is -1.29. The van der Waals surface area contributed by atoms with E-state index in [0.717, 1.165) is 33.8 Å². The molecule has 9 heteroatoms. The number of carbonyl (C=O) groups excluding carboxylic acids is 1. The van der Waals surface area contributed by atoms with E-state index >= 15 is 0 Å². The minimum absolute atomic E-state index is 0.216. The number of amides is 1. The SMILES string of the molecule is CC1=C(C(=O)Nc2ccccc2)[C@@H](c2ccc(C)cc2)n2c(s/c(=C\c3cc(C)n(-c4ccc(C(=O)O)cc4)c3C)c2=O)=N1. The van der Waals surface area contributed by atoms with E-state index in [1.807, 2.05) is 92.1 Å². The molecule has 0 spiro atoms. The summed E-state index contributed by atoms with van der Waals surface area (Å²) < 4.78 is 4.15. The first kappa shape index (κ1) is 28.8. The van der Waals surface area contributed by atoms with Gasteiger partial charge in [-0.25, -0.2) is 9.79 Å². The van der Waals surface area contributed by atoms with Crippen LogP contribution in [0.5, 0.6) is 0 Å². The van der Waals surface area contributed by atoms with Gasteiger partial charge in [0, 0.05) is 22.8 Å². The van der Waals surface area contributed by atoms with Crippen LogP contribution >= 0.6 is 11.3 Å². The molecule has 3 aromatic carbocycles. The molecule has 44 heavy (non-hydrogen) atoms. The number of para-hydroxylation sites is 1. The van der Waals surface area contributed by atoms with E-state index in [1.165, 1.54) is 11.3 Å². The van der Waals surface area contributed by atoms with Crippen molar-refractivity contribution in [3.63, 3.8) is 0 Å². The number of aromatic carboxylic acids is 1. The Morgan fingerprint density at radius 3 is 2.27 bits per heavy atom. The van der Waals surface area contributed by atoms with Crippen molar-refractivity contribution in [3.8, 4) is 5.69 Å². The number of rotatable bonds is 6. The van der Waals surface area contributed by atoms with E-state index < -0.39 is 12.0 Å². The normalized spacial score (nSPS) is 14.7. The van der Waals surface area contributed by atoms with Crippen molar-refractivity contribution in [3.05, 3.63) is 150 Å². The molecule has 0 aliphatic carbocycles. The number of fused-ring (bicyclic) bond motifs is 1. The lowest BCUT2D eigenvalue weighted by atomic mass is 9.94. The number of carboxylic acids is 1. The van der Waals surface area contributed by atoms with Crippen molar-refractivity contribution in [2.75, 3.05) is 5.32 Å². The van der Waals surface area contributed by atoms with Gasteiger partial charge in [-0.2, -0.15) is 0 Å². The molecule has 0 unspecified atom stereocenters. The first-order valence-electron chi connectivity index (χ1n) is 14.1. The highest BCUT2D eigenvalue weighted by molar-refractivity contribution is 7.07. The van der Waals surface area contributed by atoms with E-state index in [1.54, 1.807) is 35.8 Å². The molecule has 2 N–H and O–H groups in total. The Balaban J connectivity index is 1.46. The van der Waals surface area contributed by atoms with Crippen LogP contribution in [0.4, 0.5) is 5.69 Å². The number of benzene rings is 3. The van der Waals surface area contributed by atoms with Gasteiger partial charge < -0.3 is 15.0 Å². The lowest BCUT2D eigenvalue weighted by Crippen LogP contribution is -2.40. The highest BCUT2D eigenvalue weighted by Crippen LogP contribution is 2.31. The molecular weight excluding hydrogens is 572 g/mol. The smallest absolute Gasteiger partial charge is 0.335 e. The maximum atomic E-state index is 14.1. The van der Waals surface area contributed by atoms with Gasteiger partial charge in [0.1, 0.15) is 0 Å². The number of nitrogens with zero attached hydrogens (tertiary/aromatic N) is 3. The third-order valence-electron chi connectivity index (χ3n) is 7.82. The summed E-state index contributed by atoms with van der Waals surface area (Å²) in [5, 5.41) is 12.3. The molecule has 8 nitrogen and oxygen atoms in total. The van der Waals surface area contributed by atoms with Crippen LogP contribution in [0.1, 0.15) is 51.4 Å². The largest absolute Gasteiger partial charge is 0.478 e. The van der Waals surface area contributed by atoms with Crippen molar-refractivity contribution in [1.82, 2.24) is 9.13 Å². The number of carbonyl (C=O) groups is 2. The van der Waals surface area contributed by atoms with Crippen LogP contribution < -0.4 is 20.2 Å².